The molecule has 1 atom stereocenters. The molecule has 4 nitrogen and oxygen atoms in total. The van der Waals surface area contributed by atoms with Crippen molar-refractivity contribution < 1.29 is 15.0 Å². The van der Waals surface area contributed by atoms with Gasteiger partial charge in [0, 0.05) is 6.54 Å². The van der Waals surface area contributed by atoms with Gasteiger partial charge in [-0.05, 0) is 31.5 Å². The van der Waals surface area contributed by atoms with Crippen LogP contribution in [0, 0.1) is 0 Å². The molecule has 0 aliphatic heterocycles. The number of nitrogens with one attached hydrogen (secondary N) is 1. The molecule has 1 rings (SSSR count). The zero-order valence-electron chi connectivity index (χ0n) is 8.90. The summed E-state index contributed by atoms with van der Waals surface area (Å²) in [5.74, 6) is -1.00. The molecule has 0 saturated carbocycles. The lowest BCUT2D eigenvalue weighted by Crippen LogP contribution is -2.10. The fourth-order valence-electron chi connectivity index (χ4n) is 1.21. The van der Waals surface area contributed by atoms with E-state index in [9.17, 15) is 4.79 Å². The molecule has 3 N–H and O–H groups in total. The maximum Gasteiger partial charge on any atom is 0.335 e. The molecule has 0 heterocycles. The Morgan fingerprint density at radius 1 is 1.56 bits per heavy atom. The van der Waals surface area contributed by atoms with Crippen LogP contribution in [0.15, 0.2) is 18.2 Å². The molecular weight excluding hydrogens is 230 g/mol. The fraction of sp³-hybridized carbons (Fsp3) is 0.364. The van der Waals surface area contributed by atoms with E-state index in [0.29, 0.717) is 23.7 Å². The zero-order valence-corrected chi connectivity index (χ0v) is 9.66. The van der Waals surface area contributed by atoms with Gasteiger partial charge in [0.05, 0.1) is 22.4 Å². The van der Waals surface area contributed by atoms with E-state index in [2.05, 4.69) is 5.32 Å². The predicted octanol–water partition coefficient (Wildman–Crippen LogP) is 2.22. The van der Waals surface area contributed by atoms with Gasteiger partial charge in [-0.15, -0.1) is 0 Å². The molecule has 5 heteroatoms. The quantitative estimate of drug-likeness (QED) is 0.742. The molecule has 0 amide bonds. The molecule has 88 valence electrons. The number of carboxylic acid groups (broad SMARTS) is 1. The smallest absolute Gasteiger partial charge is 0.335 e. The van der Waals surface area contributed by atoms with Crippen molar-refractivity contribution in [2.24, 2.45) is 0 Å². The van der Waals surface area contributed by atoms with E-state index < -0.39 is 5.97 Å². The predicted molar refractivity (Wildman–Crippen MR) is 63.2 cm³/mol. The monoisotopic (exact) mass is 243 g/mol. The molecule has 1 aromatic carbocycles. The molecule has 0 aliphatic rings. The van der Waals surface area contributed by atoms with E-state index >= 15 is 0 Å². The Bertz CT molecular complexity index is 379. The topological polar surface area (TPSA) is 69.6 Å². The number of hydrogen-bond donors (Lipinski definition) is 3. The summed E-state index contributed by atoms with van der Waals surface area (Å²) >= 11 is 5.90. The van der Waals surface area contributed by atoms with Crippen LogP contribution in [0.25, 0.3) is 0 Å². The van der Waals surface area contributed by atoms with Gasteiger partial charge in [-0.25, -0.2) is 4.79 Å². The molecule has 0 bridgehead atoms. The standard InChI is InChI=1S/C11H14ClNO3/c1-7(14)4-5-13-10-3-2-8(11(15)16)6-9(10)12/h2-3,6-7,13-14H,4-5H2,1H3,(H,15,16). The highest BCUT2D eigenvalue weighted by atomic mass is 35.5. The maximum atomic E-state index is 10.7. The molecule has 0 aliphatic carbocycles. The van der Waals surface area contributed by atoms with Gasteiger partial charge >= 0.3 is 5.97 Å². The Labute approximate surface area is 98.9 Å². The van der Waals surface area contributed by atoms with Crippen LogP contribution in [0.5, 0.6) is 0 Å². The van der Waals surface area contributed by atoms with Crippen molar-refractivity contribution in [3.8, 4) is 0 Å². The maximum absolute atomic E-state index is 10.7. The summed E-state index contributed by atoms with van der Waals surface area (Å²) in [4.78, 5) is 10.7. The first-order valence-electron chi connectivity index (χ1n) is 4.95. The van der Waals surface area contributed by atoms with Gasteiger partial charge < -0.3 is 15.5 Å². The van der Waals surface area contributed by atoms with Crippen molar-refractivity contribution in [2.75, 3.05) is 11.9 Å². The van der Waals surface area contributed by atoms with Crippen LogP contribution in [-0.2, 0) is 0 Å². The van der Waals surface area contributed by atoms with Gasteiger partial charge in [0.2, 0.25) is 0 Å². The highest BCUT2D eigenvalue weighted by Gasteiger charge is 2.06. The van der Waals surface area contributed by atoms with Crippen LogP contribution in [0.1, 0.15) is 23.7 Å². The van der Waals surface area contributed by atoms with Crippen molar-refractivity contribution in [3.05, 3.63) is 28.8 Å². The van der Waals surface area contributed by atoms with Gasteiger partial charge in [-0.3, -0.25) is 0 Å². The molecule has 0 aromatic heterocycles. The SMILES string of the molecule is CC(O)CCNc1ccc(C(=O)O)cc1Cl. The van der Waals surface area contributed by atoms with Gasteiger partial charge in [0.1, 0.15) is 0 Å². The second kappa shape index (κ2) is 5.72. The third-order valence-electron chi connectivity index (χ3n) is 2.09. The third kappa shape index (κ3) is 3.72. The van der Waals surface area contributed by atoms with E-state index in [1.807, 2.05) is 0 Å². The van der Waals surface area contributed by atoms with Crippen LogP contribution >= 0.6 is 11.6 Å². The average Bonchev–Trinajstić information content (AvgIpc) is 2.19. The van der Waals surface area contributed by atoms with Crippen molar-refractivity contribution >= 4 is 23.3 Å². The lowest BCUT2D eigenvalue weighted by atomic mass is 10.2. The van der Waals surface area contributed by atoms with E-state index in [0.717, 1.165) is 0 Å². The van der Waals surface area contributed by atoms with E-state index in [1.165, 1.54) is 12.1 Å². The van der Waals surface area contributed by atoms with Crippen LogP contribution in [-0.4, -0.2) is 28.8 Å². The van der Waals surface area contributed by atoms with E-state index in [4.69, 9.17) is 21.8 Å². The molecule has 1 aromatic rings. The number of halogens is 1. The van der Waals surface area contributed by atoms with Gasteiger partial charge in [0.15, 0.2) is 0 Å². The molecule has 0 spiro atoms. The fourth-order valence-corrected chi connectivity index (χ4v) is 1.45. The van der Waals surface area contributed by atoms with Crippen LogP contribution in [0.3, 0.4) is 0 Å². The highest BCUT2D eigenvalue weighted by Crippen LogP contribution is 2.23. The second-order valence-corrected chi connectivity index (χ2v) is 3.97. The van der Waals surface area contributed by atoms with Crippen molar-refractivity contribution in [3.63, 3.8) is 0 Å². The zero-order chi connectivity index (χ0) is 12.1. The Balaban J connectivity index is 2.64. The summed E-state index contributed by atoms with van der Waals surface area (Å²) in [7, 11) is 0. The summed E-state index contributed by atoms with van der Waals surface area (Å²) in [6, 6.07) is 4.50. The molecule has 16 heavy (non-hydrogen) atoms. The molecule has 0 fully saturated rings. The minimum absolute atomic E-state index is 0.158. The summed E-state index contributed by atoms with van der Waals surface area (Å²) in [5.41, 5.74) is 0.832. The Kier molecular flexibility index (Phi) is 4.58. The number of carbonyl (C=O) groups is 1. The number of aliphatic hydroxyl groups excluding tert-OH is 1. The first kappa shape index (κ1) is 12.8. The summed E-state index contributed by atoms with van der Waals surface area (Å²) in [6.07, 6.45) is 0.237. The number of benzene rings is 1. The molecule has 1 unspecified atom stereocenters. The Hall–Kier alpha value is -1.26. The molecule has 0 saturated heterocycles. The van der Waals surface area contributed by atoms with Crippen LogP contribution < -0.4 is 5.32 Å². The van der Waals surface area contributed by atoms with E-state index in [1.54, 1.807) is 13.0 Å². The summed E-state index contributed by atoms with van der Waals surface area (Å²) < 4.78 is 0. The van der Waals surface area contributed by atoms with Crippen molar-refractivity contribution in [1.29, 1.82) is 0 Å². The van der Waals surface area contributed by atoms with Crippen LogP contribution in [0.4, 0.5) is 5.69 Å². The Morgan fingerprint density at radius 2 is 2.25 bits per heavy atom. The second-order valence-electron chi connectivity index (χ2n) is 3.56. The number of anilines is 1. The lowest BCUT2D eigenvalue weighted by Gasteiger charge is -2.09. The Morgan fingerprint density at radius 3 is 2.75 bits per heavy atom. The van der Waals surface area contributed by atoms with Crippen molar-refractivity contribution in [1.82, 2.24) is 0 Å². The largest absolute Gasteiger partial charge is 0.478 e. The van der Waals surface area contributed by atoms with Gasteiger partial charge in [0.25, 0.3) is 0 Å². The van der Waals surface area contributed by atoms with Gasteiger partial charge in [-0.1, -0.05) is 11.6 Å². The number of aromatic carboxylic acids is 1. The summed E-state index contributed by atoms with van der Waals surface area (Å²) in [6.45, 7) is 2.29. The summed E-state index contributed by atoms with van der Waals surface area (Å²) in [5, 5.41) is 21.2. The first-order valence-corrected chi connectivity index (χ1v) is 5.33. The van der Waals surface area contributed by atoms with Gasteiger partial charge in [-0.2, -0.15) is 0 Å². The van der Waals surface area contributed by atoms with Crippen molar-refractivity contribution in [2.45, 2.75) is 19.4 Å². The normalized spacial score (nSPS) is 12.2. The minimum atomic E-state index is -1.00. The number of aliphatic hydroxyl groups is 1. The highest BCUT2D eigenvalue weighted by molar-refractivity contribution is 6.33. The number of rotatable bonds is 5. The molecule has 0 radical (unpaired) electrons. The number of hydrogen-bond acceptors (Lipinski definition) is 3. The van der Waals surface area contributed by atoms with Crippen LogP contribution in [0.2, 0.25) is 5.02 Å². The molecular formula is C11H14ClNO3. The first-order chi connectivity index (χ1) is 7.50. The van der Waals surface area contributed by atoms with E-state index in [-0.39, 0.29) is 11.7 Å². The third-order valence-corrected chi connectivity index (χ3v) is 2.41. The lowest BCUT2D eigenvalue weighted by molar-refractivity contribution is 0.0697. The number of carboxylic acids is 1. The average molecular weight is 244 g/mol. The minimum Gasteiger partial charge on any atom is -0.478 e.